The van der Waals surface area contributed by atoms with Crippen molar-refractivity contribution in [2.24, 2.45) is 0 Å². The number of carbonyl (C=O) groups is 1. The van der Waals surface area contributed by atoms with Gasteiger partial charge in [-0.05, 0) is 66.6 Å². The third-order valence-corrected chi connectivity index (χ3v) is 6.93. The third-order valence-electron chi connectivity index (χ3n) is 6.43. The van der Waals surface area contributed by atoms with Crippen molar-refractivity contribution in [3.8, 4) is 11.3 Å². The molecule has 36 heavy (non-hydrogen) atoms. The summed E-state index contributed by atoms with van der Waals surface area (Å²) in [4.78, 5) is 21.8. The number of carbonyl (C=O) groups excluding carboxylic acids is 1. The van der Waals surface area contributed by atoms with Crippen LogP contribution in [0.5, 0.6) is 0 Å². The number of nitrogens with zero attached hydrogens (tertiary/aromatic N) is 1. The van der Waals surface area contributed by atoms with Crippen molar-refractivity contribution in [1.29, 1.82) is 0 Å². The van der Waals surface area contributed by atoms with Crippen LogP contribution in [0.15, 0.2) is 77.4 Å². The molecule has 2 aromatic heterocycles. The summed E-state index contributed by atoms with van der Waals surface area (Å²) in [6.45, 7) is 3.45. The van der Waals surface area contributed by atoms with Gasteiger partial charge in [-0.25, -0.2) is 4.98 Å². The van der Waals surface area contributed by atoms with E-state index in [1.807, 2.05) is 37.5 Å². The van der Waals surface area contributed by atoms with E-state index in [2.05, 4.69) is 80.9 Å². The molecule has 0 unspecified atom stereocenters. The van der Waals surface area contributed by atoms with Crippen LogP contribution in [-0.4, -0.2) is 22.9 Å². The fourth-order valence-corrected chi connectivity index (χ4v) is 4.97. The van der Waals surface area contributed by atoms with Gasteiger partial charge in [0.15, 0.2) is 0 Å². The van der Waals surface area contributed by atoms with E-state index in [-0.39, 0.29) is 5.91 Å². The van der Waals surface area contributed by atoms with Gasteiger partial charge in [0.2, 0.25) is 0 Å². The maximum Gasteiger partial charge on any atom is 0.252 e. The number of benzene rings is 3. The largest absolute Gasteiger partial charge is 0.360 e. The molecule has 6 heteroatoms. The van der Waals surface area contributed by atoms with Crippen molar-refractivity contribution in [3.05, 3.63) is 99.7 Å². The number of amides is 1. The lowest BCUT2D eigenvalue weighted by Crippen LogP contribution is -2.23. The first-order valence-corrected chi connectivity index (χ1v) is 13.1. The number of H-pyrrole nitrogens is 1. The fourth-order valence-electron chi connectivity index (χ4n) is 4.60. The zero-order chi connectivity index (χ0) is 25.1. The van der Waals surface area contributed by atoms with Crippen LogP contribution < -0.4 is 10.6 Å². The SMILES string of the molecule is CCCc1ccc2nc(-c3c[nH]c4ccc(Br)cc34)cc(C(=O)NCc3ccc(CNC)cc3)c2c1. The Labute approximate surface area is 219 Å². The molecule has 0 saturated carbocycles. The lowest BCUT2D eigenvalue weighted by molar-refractivity contribution is 0.0952. The number of hydrogen-bond acceptors (Lipinski definition) is 3. The average Bonchev–Trinajstić information content (AvgIpc) is 3.31. The van der Waals surface area contributed by atoms with E-state index in [1.54, 1.807) is 0 Å². The van der Waals surface area contributed by atoms with E-state index in [4.69, 9.17) is 4.98 Å². The minimum atomic E-state index is -0.0994. The van der Waals surface area contributed by atoms with Gasteiger partial charge in [0.05, 0.1) is 16.8 Å². The Morgan fingerprint density at radius 1 is 0.917 bits per heavy atom. The number of pyridine rings is 1. The highest BCUT2D eigenvalue weighted by atomic mass is 79.9. The molecule has 0 aliphatic rings. The van der Waals surface area contributed by atoms with Gasteiger partial charge in [0.25, 0.3) is 5.91 Å². The summed E-state index contributed by atoms with van der Waals surface area (Å²) in [5.74, 6) is -0.0994. The van der Waals surface area contributed by atoms with Gasteiger partial charge in [-0.3, -0.25) is 4.79 Å². The van der Waals surface area contributed by atoms with Crippen molar-refractivity contribution >= 4 is 43.6 Å². The second-order valence-electron chi connectivity index (χ2n) is 9.08. The van der Waals surface area contributed by atoms with Crippen LogP contribution in [-0.2, 0) is 19.5 Å². The molecule has 5 nitrogen and oxygen atoms in total. The fraction of sp³-hybridized carbons (Fsp3) is 0.200. The molecule has 3 aromatic carbocycles. The van der Waals surface area contributed by atoms with E-state index in [1.165, 1.54) is 11.1 Å². The molecule has 182 valence electrons. The first-order chi connectivity index (χ1) is 17.6. The van der Waals surface area contributed by atoms with Crippen LogP contribution in [0.25, 0.3) is 33.1 Å². The summed E-state index contributed by atoms with van der Waals surface area (Å²) in [5.41, 5.74) is 7.73. The number of rotatable bonds is 8. The minimum absolute atomic E-state index is 0.0994. The first-order valence-electron chi connectivity index (χ1n) is 12.3. The quantitative estimate of drug-likeness (QED) is 0.204. The molecule has 1 amide bonds. The summed E-state index contributed by atoms with van der Waals surface area (Å²) in [6, 6.07) is 22.6. The summed E-state index contributed by atoms with van der Waals surface area (Å²) in [7, 11) is 1.93. The van der Waals surface area contributed by atoms with E-state index in [9.17, 15) is 4.79 Å². The zero-order valence-electron chi connectivity index (χ0n) is 20.5. The van der Waals surface area contributed by atoms with Crippen molar-refractivity contribution in [3.63, 3.8) is 0 Å². The average molecular weight is 541 g/mol. The number of aromatic amines is 1. The predicted molar refractivity (Wildman–Crippen MR) is 151 cm³/mol. The molecule has 0 fully saturated rings. The smallest absolute Gasteiger partial charge is 0.252 e. The number of hydrogen-bond donors (Lipinski definition) is 3. The number of nitrogens with one attached hydrogen (secondary N) is 3. The molecular formula is C30H29BrN4O. The third kappa shape index (κ3) is 5.06. The van der Waals surface area contributed by atoms with Crippen molar-refractivity contribution < 1.29 is 4.79 Å². The highest BCUT2D eigenvalue weighted by Crippen LogP contribution is 2.32. The Hall–Kier alpha value is -3.48. The molecule has 0 radical (unpaired) electrons. The Morgan fingerprint density at radius 3 is 2.42 bits per heavy atom. The highest BCUT2D eigenvalue weighted by molar-refractivity contribution is 9.10. The van der Waals surface area contributed by atoms with E-state index in [0.29, 0.717) is 12.1 Å². The second-order valence-corrected chi connectivity index (χ2v) is 9.99. The summed E-state index contributed by atoms with van der Waals surface area (Å²) < 4.78 is 1.000. The number of aromatic nitrogens is 2. The van der Waals surface area contributed by atoms with Gasteiger partial charge < -0.3 is 15.6 Å². The van der Waals surface area contributed by atoms with Crippen LogP contribution in [0.3, 0.4) is 0 Å². The van der Waals surface area contributed by atoms with Gasteiger partial charge in [0, 0.05) is 45.6 Å². The molecular weight excluding hydrogens is 512 g/mol. The summed E-state index contributed by atoms with van der Waals surface area (Å²) in [5, 5.41) is 8.23. The van der Waals surface area contributed by atoms with Gasteiger partial charge in [0.1, 0.15) is 0 Å². The van der Waals surface area contributed by atoms with E-state index >= 15 is 0 Å². The standard InChI is InChI=1S/C30H29BrN4O/c1-3-4-19-9-11-28-23(13-19)25(30(36)34-17-21-7-5-20(6-8-21)16-32-2)15-29(35-28)26-18-33-27-12-10-22(31)14-24(26)27/h5-15,18,32-33H,3-4,16-17H2,1-2H3,(H,34,36). The van der Waals surface area contributed by atoms with Crippen molar-refractivity contribution in [2.75, 3.05) is 7.05 Å². The van der Waals surface area contributed by atoms with Gasteiger partial charge in [-0.2, -0.15) is 0 Å². The molecule has 5 rings (SSSR count). The van der Waals surface area contributed by atoms with Crippen LogP contribution in [0, 0.1) is 0 Å². The summed E-state index contributed by atoms with van der Waals surface area (Å²) >= 11 is 3.58. The van der Waals surface area contributed by atoms with Gasteiger partial charge >= 0.3 is 0 Å². The molecule has 0 spiro atoms. The van der Waals surface area contributed by atoms with Crippen molar-refractivity contribution in [1.82, 2.24) is 20.6 Å². The van der Waals surface area contributed by atoms with Gasteiger partial charge in [-0.15, -0.1) is 0 Å². The Morgan fingerprint density at radius 2 is 1.67 bits per heavy atom. The molecule has 0 bridgehead atoms. The Bertz CT molecular complexity index is 1540. The van der Waals surface area contributed by atoms with E-state index < -0.39 is 0 Å². The number of aryl methyl sites for hydroxylation is 1. The lowest BCUT2D eigenvalue weighted by atomic mass is 10.00. The number of fused-ring (bicyclic) bond motifs is 2. The molecule has 0 aliphatic heterocycles. The maximum absolute atomic E-state index is 13.5. The minimum Gasteiger partial charge on any atom is -0.360 e. The topological polar surface area (TPSA) is 69.8 Å². The Balaban J connectivity index is 1.53. The van der Waals surface area contributed by atoms with Gasteiger partial charge in [-0.1, -0.05) is 59.6 Å². The summed E-state index contributed by atoms with van der Waals surface area (Å²) in [6.07, 6.45) is 3.98. The molecule has 0 aliphatic carbocycles. The molecule has 2 heterocycles. The first kappa shape index (κ1) is 24.2. The van der Waals surface area contributed by atoms with Crippen LogP contribution >= 0.6 is 15.9 Å². The number of halogens is 1. The highest BCUT2D eigenvalue weighted by Gasteiger charge is 2.17. The molecule has 0 atom stereocenters. The molecule has 5 aromatic rings. The second kappa shape index (κ2) is 10.6. The van der Waals surface area contributed by atoms with Crippen LogP contribution in [0.1, 0.15) is 40.4 Å². The Kier molecular flexibility index (Phi) is 7.16. The molecule has 3 N–H and O–H groups in total. The predicted octanol–water partition coefficient (Wildman–Crippen LogP) is 6.75. The normalized spacial score (nSPS) is 11.3. The van der Waals surface area contributed by atoms with Crippen LogP contribution in [0.4, 0.5) is 0 Å². The van der Waals surface area contributed by atoms with Crippen LogP contribution in [0.2, 0.25) is 0 Å². The zero-order valence-corrected chi connectivity index (χ0v) is 22.1. The van der Waals surface area contributed by atoms with E-state index in [0.717, 1.165) is 62.5 Å². The monoisotopic (exact) mass is 540 g/mol. The van der Waals surface area contributed by atoms with Crippen molar-refractivity contribution in [2.45, 2.75) is 32.9 Å². The lowest BCUT2D eigenvalue weighted by Gasteiger charge is -2.12. The molecule has 0 saturated heterocycles. The maximum atomic E-state index is 13.5.